The van der Waals surface area contributed by atoms with E-state index in [0.717, 1.165) is 5.56 Å². The number of benzene rings is 2. The largest absolute Gasteiger partial charge is 0.442 e. The summed E-state index contributed by atoms with van der Waals surface area (Å²) in [6.45, 7) is 1.71. The molecule has 25 heavy (non-hydrogen) atoms. The molecular formula is C19H15N3O3. The number of carbonyl (C=O) groups excluding carboxylic acids is 1. The van der Waals surface area contributed by atoms with Crippen molar-refractivity contribution >= 4 is 16.7 Å². The van der Waals surface area contributed by atoms with Gasteiger partial charge in [0.25, 0.3) is 5.56 Å². The molecule has 0 N–H and O–H groups in total. The van der Waals surface area contributed by atoms with Crippen LogP contribution in [0.3, 0.4) is 0 Å². The van der Waals surface area contributed by atoms with Crippen molar-refractivity contribution in [2.75, 3.05) is 0 Å². The molecule has 0 radical (unpaired) electrons. The van der Waals surface area contributed by atoms with Gasteiger partial charge in [-0.05, 0) is 18.6 Å². The van der Waals surface area contributed by atoms with Gasteiger partial charge in [-0.1, -0.05) is 48.5 Å². The Morgan fingerprint density at radius 2 is 1.80 bits per heavy atom. The molecule has 3 rings (SSSR count). The van der Waals surface area contributed by atoms with E-state index in [2.05, 4.69) is 5.10 Å². The summed E-state index contributed by atoms with van der Waals surface area (Å²) in [7, 11) is 0. The number of esters is 1. The molecule has 0 fully saturated rings. The van der Waals surface area contributed by atoms with E-state index >= 15 is 0 Å². The van der Waals surface area contributed by atoms with Gasteiger partial charge in [-0.15, -0.1) is 0 Å². The van der Waals surface area contributed by atoms with Gasteiger partial charge in [-0.2, -0.15) is 10.4 Å². The third-order valence-electron chi connectivity index (χ3n) is 3.70. The lowest BCUT2D eigenvalue weighted by Crippen LogP contribution is -2.27. The quantitative estimate of drug-likeness (QED) is 0.685. The van der Waals surface area contributed by atoms with Gasteiger partial charge in [0.05, 0.1) is 11.9 Å². The standard InChI is InChI=1S/C19H15N3O3/c1-13(11-20)25-19(24)17-15-9-5-6-10-16(15)18(23)22(21-17)12-14-7-3-2-4-8-14/h2-10,13H,12H2,1H3/t13-/m0/s1. The van der Waals surface area contributed by atoms with Crippen LogP contribution in [0.5, 0.6) is 0 Å². The zero-order chi connectivity index (χ0) is 17.8. The Kier molecular flexibility index (Phi) is 4.57. The summed E-state index contributed by atoms with van der Waals surface area (Å²) >= 11 is 0. The van der Waals surface area contributed by atoms with Crippen molar-refractivity contribution in [1.82, 2.24) is 9.78 Å². The number of nitrogens with zero attached hydrogens (tertiary/aromatic N) is 3. The highest BCUT2D eigenvalue weighted by atomic mass is 16.5. The fourth-order valence-corrected chi connectivity index (χ4v) is 2.49. The van der Waals surface area contributed by atoms with E-state index in [1.54, 1.807) is 24.3 Å². The van der Waals surface area contributed by atoms with Crippen LogP contribution in [0.15, 0.2) is 59.4 Å². The Balaban J connectivity index is 2.13. The number of rotatable bonds is 4. The Morgan fingerprint density at radius 3 is 2.48 bits per heavy atom. The summed E-state index contributed by atoms with van der Waals surface area (Å²) in [6.07, 6.45) is -0.900. The maximum atomic E-state index is 12.7. The van der Waals surface area contributed by atoms with Gasteiger partial charge in [-0.3, -0.25) is 4.79 Å². The predicted molar refractivity (Wildman–Crippen MR) is 92.0 cm³/mol. The highest BCUT2D eigenvalue weighted by Crippen LogP contribution is 2.15. The van der Waals surface area contributed by atoms with Crippen LogP contribution in [0.1, 0.15) is 23.0 Å². The van der Waals surface area contributed by atoms with Crippen LogP contribution in [0.25, 0.3) is 10.8 Å². The maximum absolute atomic E-state index is 12.7. The van der Waals surface area contributed by atoms with Crippen molar-refractivity contribution < 1.29 is 9.53 Å². The number of fused-ring (bicyclic) bond motifs is 1. The molecule has 1 atom stereocenters. The predicted octanol–water partition coefficient (Wildman–Crippen LogP) is 2.51. The second-order valence-electron chi connectivity index (χ2n) is 5.52. The molecule has 1 heterocycles. The van der Waals surface area contributed by atoms with Crippen molar-refractivity contribution in [3.63, 3.8) is 0 Å². The second-order valence-corrected chi connectivity index (χ2v) is 5.52. The molecule has 124 valence electrons. The Bertz CT molecular complexity index is 1020. The molecule has 6 nitrogen and oxygen atoms in total. The number of aromatic nitrogens is 2. The number of hydrogen-bond donors (Lipinski definition) is 0. The fourth-order valence-electron chi connectivity index (χ4n) is 2.49. The van der Waals surface area contributed by atoms with Gasteiger partial charge >= 0.3 is 5.97 Å². The van der Waals surface area contributed by atoms with E-state index in [0.29, 0.717) is 10.8 Å². The third-order valence-corrected chi connectivity index (χ3v) is 3.70. The molecule has 1 aromatic heterocycles. The first-order valence-corrected chi connectivity index (χ1v) is 7.74. The molecule has 0 saturated carbocycles. The van der Waals surface area contributed by atoms with Crippen LogP contribution < -0.4 is 5.56 Å². The first-order chi connectivity index (χ1) is 12.1. The van der Waals surface area contributed by atoms with Gasteiger partial charge in [0.2, 0.25) is 0 Å². The van der Waals surface area contributed by atoms with E-state index in [1.165, 1.54) is 11.6 Å². The van der Waals surface area contributed by atoms with E-state index in [9.17, 15) is 9.59 Å². The Morgan fingerprint density at radius 1 is 1.16 bits per heavy atom. The SMILES string of the molecule is C[C@@H](C#N)OC(=O)c1nn(Cc2ccccc2)c(=O)c2ccccc12. The van der Waals surface area contributed by atoms with Crippen molar-refractivity contribution in [1.29, 1.82) is 5.26 Å². The van der Waals surface area contributed by atoms with Crippen LogP contribution >= 0.6 is 0 Å². The molecule has 0 unspecified atom stereocenters. The Labute approximate surface area is 143 Å². The molecule has 0 aliphatic heterocycles. The minimum absolute atomic E-state index is 0.0215. The maximum Gasteiger partial charge on any atom is 0.360 e. The molecule has 6 heteroatoms. The van der Waals surface area contributed by atoms with Crippen molar-refractivity contribution in [2.45, 2.75) is 19.6 Å². The van der Waals surface area contributed by atoms with E-state index < -0.39 is 12.1 Å². The van der Waals surface area contributed by atoms with Crippen molar-refractivity contribution in [2.24, 2.45) is 0 Å². The highest BCUT2D eigenvalue weighted by molar-refractivity contribution is 6.02. The minimum Gasteiger partial charge on any atom is -0.442 e. The molecular weight excluding hydrogens is 318 g/mol. The van der Waals surface area contributed by atoms with Gasteiger partial charge in [0, 0.05) is 5.39 Å². The Hall–Kier alpha value is -3.46. The minimum atomic E-state index is -0.900. The number of nitriles is 1. The first-order valence-electron chi connectivity index (χ1n) is 7.74. The van der Waals surface area contributed by atoms with E-state index in [-0.39, 0.29) is 17.8 Å². The van der Waals surface area contributed by atoms with E-state index in [1.807, 2.05) is 36.4 Å². The monoisotopic (exact) mass is 333 g/mol. The lowest BCUT2D eigenvalue weighted by molar-refractivity contribution is 0.0428. The third kappa shape index (κ3) is 3.40. The molecule has 3 aromatic rings. The summed E-state index contributed by atoms with van der Waals surface area (Å²) in [5.74, 6) is -0.730. The van der Waals surface area contributed by atoms with Crippen LogP contribution in [-0.2, 0) is 11.3 Å². The molecule has 0 bridgehead atoms. The molecule has 2 aromatic carbocycles. The number of hydrogen-bond acceptors (Lipinski definition) is 5. The van der Waals surface area contributed by atoms with Crippen molar-refractivity contribution in [3.05, 3.63) is 76.2 Å². The average molecular weight is 333 g/mol. The summed E-state index contributed by atoms with van der Waals surface area (Å²) in [6, 6.07) is 17.9. The highest BCUT2D eigenvalue weighted by Gasteiger charge is 2.19. The summed E-state index contributed by atoms with van der Waals surface area (Å²) in [5.41, 5.74) is 0.620. The van der Waals surface area contributed by atoms with Gasteiger partial charge in [-0.25, -0.2) is 9.48 Å². The lowest BCUT2D eigenvalue weighted by Gasteiger charge is -2.11. The van der Waals surface area contributed by atoms with Crippen molar-refractivity contribution in [3.8, 4) is 6.07 Å². The summed E-state index contributed by atoms with van der Waals surface area (Å²) in [5, 5.41) is 13.8. The zero-order valence-electron chi connectivity index (χ0n) is 13.5. The van der Waals surface area contributed by atoms with Gasteiger partial charge in [0.15, 0.2) is 11.8 Å². The molecule has 0 spiro atoms. The van der Waals surface area contributed by atoms with Crippen LogP contribution in [0.4, 0.5) is 0 Å². The zero-order valence-corrected chi connectivity index (χ0v) is 13.5. The normalized spacial score (nSPS) is 11.7. The smallest absolute Gasteiger partial charge is 0.360 e. The number of ether oxygens (including phenoxy) is 1. The molecule has 0 aliphatic rings. The average Bonchev–Trinajstić information content (AvgIpc) is 2.64. The summed E-state index contributed by atoms with van der Waals surface area (Å²) < 4.78 is 6.30. The van der Waals surface area contributed by atoms with Crippen LogP contribution in [-0.4, -0.2) is 21.9 Å². The molecule has 0 saturated heterocycles. The topological polar surface area (TPSA) is 85.0 Å². The van der Waals surface area contributed by atoms with Crippen LogP contribution in [0.2, 0.25) is 0 Å². The van der Waals surface area contributed by atoms with E-state index in [4.69, 9.17) is 10.00 Å². The number of carbonyl (C=O) groups is 1. The second kappa shape index (κ2) is 6.97. The first kappa shape index (κ1) is 16.4. The van der Waals surface area contributed by atoms with Gasteiger partial charge in [0.1, 0.15) is 6.07 Å². The summed E-state index contributed by atoms with van der Waals surface area (Å²) in [4.78, 5) is 25.1. The lowest BCUT2D eigenvalue weighted by atomic mass is 10.1. The van der Waals surface area contributed by atoms with Crippen LogP contribution in [0, 0.1) is 11.3 Å². The van der Waals surface area contributed by atoms with Gasteiger partial charge < -0.3 is 4.74 Å². The fraction of sp³-hybridized carbons (Fsp3) is 0.158. The molecule has 0 aliphatic carbocycles. The molecule has 0 amide bonds.